The summed E-state index contributed by atoms with van der Waals surface area (Å²) in [6.07, 6.45) is 0.971. The summed E-state index contributed by atoms with van der Waals surface area (Å²) in [5.41, 5.74) is 2.01. The van der Waals surface area contributed by atoms with Gasteiger partial charge in [0.1, 0.15) is 5.75 Å². The van der Waals surface area contributed by atoms with Crippen LogP contribution in [0.5, 0.6) is 5.75 Å². The number of nitrogens with one attached hydrogen (secondary N) is 1. The number of hydrogen-bond donors (Lipinski definition) is 1. The topological polar surface area (TPSA) is 38.3 Å². The van der Waals surface area contributed by atoms with Gasteiger partial charge in [0.25, 0.3) is 0 Å². The van der Waals surface area contributed by atoms with Gasteiger partial charge < -0.3 is 10.1 Å². The number of ether oxygens (including phenoxy) is 1. The lowest BCUT2D eigenvalue weighted by Gasteiger charge is -2.24. The molecule has 0 saturated heterocycles. The molecule has 3 heteroatoms. The molecule has 1 N–H and O–H groups in total. The van der Waals surface area contributed by atoms with Crippen molar-refractivity contribution in [3.63, 3.8) is 0 Å². The Balaban J connectivity index is 1.50. The summed E-state index contributed by atoms with van der Waals surface area (Å²) in [4.78, 5) is 12.4. The standard InChI is InChI=1S/C18H19NO2/c20-18-15(13-21-17-9-5-4-8-16(17)18)12-19-11-10-14-6-2-1-3-7-14/h1-9,15,19H,10-13H2. The summed E-state index contributed by atoms with van der Waals surface area (Å²) in [5, 5.41) is 3.36. The van der Waals surface area contributed by atoms with Gasteiger partial charge in [-0.05, 0) is 30.7 Å². The summed E-state index contributed by atoms with van der Waals surface area (Å²) < 4.78 is 5.66. The lowest BCUT2D eigenvalue weighted by atomic mass is 9.95. The average Bonchev–Trinajstić information content (AvgIpc) is 2.55. The molecule has 2 aromatic carbocycles. The Kier molecular flexibility index (Phi) is 4.31. The van der Waals surface area contributed by atoms with Gasteiger partial charge in [-0.1, -0.05) is 42.5 Å². The van der Waals surface area contributed by atoms with Crippen LogP contribution in [0.25, 0.3) is 0 Å². The van der Waals surface area contributed by atoms with E-state index in [1.165, 1.54) is 5.56 Å². The lowest BCUT2D eigenvalue weighted by molar-refractivity contribution is 0.0830. The van der Waals surface area contributed by atoms with E-state index in [2.05, 4.69) is 17.4 Å². The van der Waals surface area contributed by atoms with Crippen molar-refractivity contribution in [2.45, 2.75) is 6.42 Å². The van der Waals surface area contributed by atoms with Gasteiger partial charge in [-0.25, -0.2) is 0 Å². The second-order valence-electron chi connectivity index (χ2n) is 5.31. The second kappa shape index (κ2) is 6.55. The molecule has 108 valence electrons. The zero-order valence-corrected chi connectivity index (χ0v) is 11.9. The molecule has 0 aliphatic carbocycles. The van der Waals surface area contributed by atoms with Gasteiger partial charge >= 0.3 is 0 Å². The molecule has 0 aromatic heterocycles. The number of para-hydroxylation sites is 1. The maximum Gasteiger partial charge on any atom is 0.174 e. The van der Waals surface area contributed by atoms with Crippen LogP contribution < -0.4 is 10.1 Å². The first kappa shape index (κ1) is 13.8. The first-order chi connectivity index (χ1) is 10.3. The number of benzene rings is 2. The molecule has 1 unspecified atom stereocenters. The molecule has 3 rings (SSSR count). The predicted molar refractivity (Wildman–Crippen MR) is 82.8 cm³/mol. The van der Waals surface area contributed by atoms with Crippen LogP contribution >= 0.6 is 0 Å². The molecule has 3 nitrogen and oxygen atoms in total. The van der Waals surface area contributed by atoms with Crippen LogP contribution in [0.2, 0.25) is 0 Å². The number of carbonyl (C=O) groups excluding carboxylic acids is 1. The highest BCUT2D eigenvalue weighted by Crippen LogP contribution is 2.26. The van der Waals surface area contributed by atoms with Gasteiger partial charge in [0.15, 0.2) is 5.78 Å². The van der Waals surface area contributed by atoms with E-state index in [1.807, 2.05) is 42.5 Å². The fourth-order valence-electron chi connectivity index (χ4n) is 2.59. The number of fused-ring (bicyclic) bond motifs is 1. The molecule has 1 heterocycles. The van der Waals surface area contributed by atoms with Crippen LogP contribution in [0.15, 0.2) is 54.6 Å². The van der Waals surface area contributed by atoms with Crippen LogP contribution in [-0.2, 0) is 6.42 Å². The van der Waals surface area contributed by atoms with E-state index in [-0.39, 0.29) is 11.7 Å². The lowest BCUT2D eigenvalue weighted by Crippen LogP contribution is -2.36. The summed E-state index contributed by atoms with van der Waals surface area (Å²) in [5.74, 6) is 0.808. The van der Waals surface area contributed by atoms with Gasteiger partial charge in [-0.3, -0.25) is 4.79 Å². The van der Waals surface area contributed by atoms with Crippen molar-refractivity contribution in [2.75, 3.05) is 19.7 Å². The Morgan fingerprint density at radius 2 is 1.81 bits per heavy atom. The summed E-state index contributed by atoms with van der Waals surface area (Å²) in [7, 11) is 0. The summed E-state index contributed by atoms with van der Waals surface area (Å²) >= 11 is 0. The number of Topliss-reactive ketones (excluding diaryl/α,β-unsaturated/α-hetero) is 1. The van der Waals surface area contributed by atoms with E-state index >= 15 is 0 Å². The van der Waals surface area contributed by atoms with Crippen LogP contribution in [0, 0.1) is 5.92 Å². The van der Waals surface area contributed by atoms with E-state index in [9.17, 15) is 4.79 Å². The fraction of sp³-hybridized carbons (Fsp3) is 0.278. The van der Waals surface area contributed by atoms with Crippen LogP contribution in [-0.4, -0.2) is 25.5 Å². The Hall–Kier alpha value is -2.13. The molecule has 1 aliphatic heterocycles. The Morgan fingerprint density at radius 1 is 1.05 bits per heavy atom. The molecule has 2 aromatic rings. The minimum atomic E-state index is -0.0873. The van der Waals surface area contributed by atoms with Crippen molar-refractivity contribution in [1.82, 2.24) is 5.32 Å². The van der Waals surface area contributed by atoms with Gasteiger partial charge in [0.05, 0.1) is 18.1 Å². The van der Waals surface area contributed by atoms with Gasteiger partial charge in [0, 0.05) is 6.54 Å². The third-order valence-corrected chi connectivity index (χ3v) is 3.79. The third kappa shape index (κ3) is 3.31. The van der Waals surface area contributed by atoms with E-state index in [4.69, 9.17) is 4.74 Å². The highest BCUT2D eigenvalue weighted by atomic mass is 16.5. The molecular weight excluding hydrogens is 262 g/mol. The summed E-state index contributed by atoms with van der Waals surface area (Å²) in [6, 6.07) is 17.8. The molecular formula is C18H19NO2. The maximum atomic E-state index is 12.4. The van der Waals surface area contributed by atoms with Crippen molar-refractivity contribution >= 4 is 5.78 Å². The van der Waals surface area contributed by atoms with Crippen LogP contribution in [0.3, 0.4) is 0 Å². The normalized spacial score (nSPS) is 17.1. The van der Waals surface area contributed by atoms with Gasteiger partial charge in [-0.15, -0.1) is 0 Å². The first-order valence-corrected chi connectivity index (χ1v) is 7.35. The average molecular weight is 281 g/mol. The quantitative estimate of drug-likeness (QED) is 0.856. The highest BCUT2D eigenvalue weighted by Gasteiger charge is 2.27. The molecule has 0 fully saturated rings. The molecule has 0 amide bonds. The second-order valence-corrected chi connectivity index (χ2v) is 5.31. The van der Waals surface area contributed by atoms with E-state index in [0.29, 0.717) is 24.5 Å². The zero-order chi connectivity index (χ0) is 14.5. The SMILES string of the molecule is O=C1c2ccccc2OCC1CNCCc1ccccc1. The molecule has 0 saturated carbocycles. The van der Waals surface area contributed by atoms with Crippen molar-refractivity contribution in [3.05, 3.63) is 65.7 Å². The number of rotatable bonds is 5. The zero-order valence-electron chi connectivity index (χ0n) is 11.9. The number of hydrogen-bond acceptors (Lipinski definition) is 3. The van der Waals surface area contributed by atoms with Gasteiger partial charge in [-0.2, -0.15) is 0 Å². The Labute approximate surface area is 124 Å². The smallest absolute Gasteiger partial charge is 0.174 e. The maximum absolute atomic E-state index is 12.4. The monoisotopic (exact) mass is 281 g/mol. The molecule has 0 bridgehead atoms. The van der Waals surface area contributed by atoms with Gasteiger partial charge in [0.2, 0.25) is 0 Å². The van der Waals surface area contributed by atoms with Crippen molar-refractivity contribution in [2.24, 2.45) is 5.92 Å². The Bertz CT molecular complexity index is 610. The predicted octanol–water partition coefficient (Wildman–Crippen LogP) is 2.71. The third-order valence-electron chi connectivity index (χ3n) is 3.79. The van der Waals surface area contributed by atoms with E-state index in [0.717, 1.165) is 13.0 Å². The van der Waals surface area contributed by atoms with Crippen molar-refractivity contribution in [1.29, 1.82) is 0 Å². The molecule has 1 atom stereocenters. The van der Waals surface area contributed by atoms with Crippen molar-refractivity contribution < 1.29 is 9.53 Å². The molecule has 1 aliphatic rings. The number of ketones is 1. The van der Waals surface area contributed by atoms with E-state index < -0.39 is 0 Å². The van der Waals surface area contributed by atoms with E-state index in [1.54, 1.807) is 0 Å². The molecule has 0 radical (unpaired) electrons. The Morgan fingerprint density at radius 3 is 2.67 bits per heavy atom. The minimum Gasteiger partial charge on any atom is -0.492 e. The minimum absolute atomic E-state index is 0.0873. The highest BCUT2D eigenvalue weighted by molar-refractivity contribution is 6.01. The molecule has 21 heavy (non-hydrogen) atoms. The van der Waals surface area contributed by atoms with Crippen LogP contribution in [0.1, 0.15) is 15.9 Å². The fourth-order valence-corrected chi connectivity index (χ4v) is 2.59. The molecule has 0 spiro atoms. The van der Waals surface area contributed by atoms with Crippen molar-refractivity contribution in [3.8, 4) is 5.75 Å². The number of carbonyl (C=O) groups is 1. The largest absolute Gasteiger partial charge is 0.492 e. The summed E-state index contributed by atoms with van der Waals surface area (Å²) in [6.45, 7) is 2.00. The van der Waals surface area contributed by atoms with Crippen LogP contribution in [0.4, 0.5) is 0 Å². The first-order valence-electron chi connectivity index (χ1n) is 7.35.